The van der Waals surface area contributed by atoms with Crippen molar-refractivity contribution in [1.29, 1.82) is 0 Å². The van der Waals surface area contributed by atoms with Crippen LogP contribution in [0.2, 0.25) is 0 Å². The number of hydrogen-bond acceptors (Lipinski definition) is 5. The van der Waals surface area contributed by atoms with Gasteiger partial charge in [-0.15, -0.1) is 0 Å². The summed E-state index contributed by atoms with van der Waals surface area (Å²) in [5.74, 6) is 0.553. The van der Waals surface area contributed by atoms with Crippen molar-refractivity contribution in [3.8, 4) is 0 Å². The van der Waals surface area contributed by atoms with Gasteiger partial charge in [0.1, 0.15) is 12.1 Å². The van der Waals surface area contributed by atoms with E-state index in [4.69, 9.17) is 19.6 Å². The number of ether oxygens (including phenoxy) is 2. The van der Waals surface area contributed by atoms with Gasteiger partial charge in [-0.1, -0.05) is 0 Å². The largest absolute Gasteiger partial charge is 0.438 e. The highest BCUT2D eigenvalue weighted by atomic mass is 16.5. The van der Waals surface area contributed by atoms with Crippen LogP contribution in [0.25, 0.3) is 11.1 Å². The molecule has 0 amide bonds. The summed E-state index contributed by atoms with van der Waals surface area (Å²) in [6.45, 7) is 1.43. The Bertz CT molecular complexity index is 467. The molecular weight excluding hydrogens is 208 g/mol. The average molecular weight is 222 g/mol. The van der Waals surface area contributed by atoms with Crippen LogP contribution >= 0.6 is 0 Å². The molecular formula is C11H14N2O3. The number of aromatic nitrogens is 1. The van der Waals surface area contributed by atoms with E-state index >= 15 is 0 Å². The quantitative estimate of drug-likeness (QED) is 0.614. The van der Waals surface area contributed by atoms with Crippen molar-refractivity contribution in [1.82, 2.24) is 4.98 Å². The van der Waals surface area contributed by atoms with E-state index < -0.39 is 0 Å². The summed E-state index contributed by atoms with van der Waals surface area (Å²) < 4.78 is 15.6. The second-order valence-corrected chi connectivity index (χ2v) is 3.38. The van der Waals surface area contributed by atoms with Gasteiger partial charge in [0, 0.05) is 18.9 Å². The molecule has 2 N–H and O–H groups in total. The zero-order valence-corrected chi connectivity index (χ0v) is 9.10. The molecule has 1 aromatic heterocycles. The van der Waals surface area contributed by atoms with E-state index in [9.17, 15) is 0 Å². The van der Waals surface area contributed by atoms with E-state index in [0.717, 1.165) is 5.52 Å². The highest BCUT2D eigenvalue weighted by molar-refractivity contribution is 5.76. The maximum absolute atomic E-state index is 5.64. The monoisotopic (exact) mass is 222 g/mol. The van der Waals surface area contributed by atoms with Crippen molar-refractivity contribution in [2.24, 2.45) is 0 Å². The Morgan fingerprint density at radius 3 is 3.06 bits per heavy atom. The van der Waals surface area contributed by atoms with Gasteiger partial charge in [-0.25, -0.2) is 4.98 Å². The minimum Gasteiger partial charge on any atom is -0.438 e. The van der Waals surface area contributed by atoms with Gasteiger partial charge in [0.05, 0.1) is 13.2 Å². The molecule has 0 saturated carbocycles. The molecule has 0 spiro atoms. The molecule has 1 aromatic carbocycles. The van der Waals surface area contributed by atoms with Crippen molar-refractivity contribution in [3.63, 3.8) is 0 Å². The first-order valence-corrected chi connectivity index (χ1v) is 5.01. The van der Waals surface area contributed by atoms with Gasteiger partial charge >= 0.3 is 0 Å². The molecule has 0 atom stereocenters. The van der Waals surface area contributed by atoms with Crippen LogP contribution in [0.4, 0.5) is 5.69 Å². The summed E-state index contributed by atoms with van der Waals surface area (Å²) in [6.07, 6.45) is 0. The van der Waals surface area contributed by atoms with Crippen LogP contribution in [0, 0.1) is 0 Å². The summed E-state index contributed by atoms with van der Waals surface area (Å²) >= 11 is 0. The molecule has 0 aliphatic carbocycles. The van der Waals surface area contributed by atoms with Crippen molar-refractivity contribution in [2.45, 2.75) is 6.61 Å². The summed E-state index contributed by atoms with van der Waals surface area (Å²) in [5.41, 5.74) is 7.78. The van der Waals surface area contributed by atoms with E-state index in [1.54, 1.807) is 19.2 Å². The number of rotatable bonds is 5. The lowest BCUT2D eigenvalue weighted by atomic mass is 10.3. The van der Waals surface area contributed by atoms with Crippen LogP contribution in [-0.4, -0.2) is 25.3 Å². The smallest absolute Gasteiger partial charge is 0.221 e. The lowest BCUT2D eigenvalue weighted by Crippen LogP contribution is -2.01. The van der Waals surface area contributed by atoms with Crippen molar-refractivity contribution >= 4 is 16.8 Å². The summed E-state index contributed by atoms with van der Waals surface area (Å²) in [6, 6.07) is 5.37. The zero-order valence-electron chi connectivity index (χ0n) is 9.10. The standard InChI is InChI=1S/C11H14N2O3/c1-14-4-5-15-7-11-13-9-3-2-8(12)6-10(9)16-11/h2-3,6H,4-5,7,12H2,1H3. The predicted octanol–water partition coefficient (Wildman–Crippen LogP) is 1.57. The molecule has 0 unspecified atom stereocenters. The van der Waals surface area contributed by atoms with Gasteiger partial charge in [-0.3, -0.25) is 0 Å². The first-order chi connectivity index (χ1) is 7.79. The molecule has 0 saturated heterocycles. The number of benzene rings is 1. The van der Waals surface area contributed by atoms with Gasteiger partial charge < -0.3 is 19.6 Å². The SMILES string of the molecule is COCCOCc1nc2ccc(N)cc2o1. The number of fused-ring (bicyclic) bond motifs is 1. The zero-order chi connectivity index (χ0) is 11.4. The number of nitrogen functional groups attached to an aromatic ring is 1. The van der Waals surface area contributed by atoms with E-state index in [1.165, 1.54) is 0 Å². The molecule has 5 nitrogen and oxygen atoms in total. The molecule has 2 aromatic rings. The Morgan fingerprint density at radius 1 is 1.38 bits per heavy atom. The molecule has 5 heteroatoms. The molecule has 86 valence electrons. The summed E-state index contributed by atoms with van der Waals surface area (Å²) in [7, 11) is 1.63. The van der Waals surface area contributed by atoms with Crippen molar-refractivity contribution in [3.05, 3.63) is 24.1 Å². The highest BCUT2D eigenvalue weighted by Crippen LogP contribution is 2.18. The van der Waals surface area contributed by atoms with E-state index in [1.807, 2.05) is 6.07 Å². The third-order valence-corrected chi connectivity index (χ3v) is 2.11. The second kappa shape index (κ2) is 4.96. The van der Waals surface area contributed by atoms with Crippen molar-refractivity contribution in [2.75, 3.05) is 26.1 Å². The number of nitrogens with zero attached hydrogens (tertiary/aromatic N) is 1. The Morgan fingerprint density at radius 2 is 2.25 bits per heavy atom. The van der Waals surface area contributed by atoms with Gasteiger partial charge in [0.2, 0.25) is 5.89 Å². The van der Waals surface area contributed by atoms with Crippen LogP contribution in [0.1, 0.15) is 5.89 Å². The number of nitrogens with two attached hydrogens (primary N) is 1. The van der Waals surface area contributed by atoms with Crippen LogP contribution in [-0.2, 0) is 16.1 Å². The van der Waals surface area contributed by atoms with E-state index in [2.05, 4.69) is 4.98 Å². The van der Waals surface area contributed by atoms with Gasteiger partial charge in [-0.2, -0.15) is 0 Å². The fraction of sp³-hybridized carbons (Fsp3) is 0.364. The third-order valence-electron chi connectivity index (χ3n) is 2.11. The molecule has 2 rings (SSSR count). The number of hydrogen-bond donors (Lipinski definition) is 1. The minimum atomic E-state index is 0.345. The highest BCUT2D eigenvalue weighted by Gasteiger charge is 2.05. The van der Waals surface area contributed by atoms with Gasteiger partial charge in [0.25, 0.3) is 0 Å². The first kappa shape index (κ1) is 10.9. The molecule has 0 bridgehead atoms. The average Bonchev–Trinajstić information content (AvgIpc) is 2.66. The van der Waals surface area contributed by atoms with Gasteiger partial charge in [0.15, 0.2) is 5.58 Å². The summed E-state index contributed by atoms with van der Waals surface area (Å²) in [4.78, 5) is 4.26. The number of anilines is 1. The molecule has 0 fully saturated rings. The van der Waals surface area contributed by atoms with E-state index in [0.29, 0.717) is 37.0 Å². The van der Waals surface area contributed by atoms with Crippen molar-refractivity contribution < 1.29 is 13.9 Å². The summed E-state index contributed by atoms with van der Waals surface area (Å²) in [5, 5.41) is 0. The van der Waals surface area contributed by atoms with E-state index in [-0.39, 0.29) is 0 Å². The number of oxazole rings is 1. The molecule has 0 radical (unpaired) electrons. The third kappa shape index (κ3) is 2.50. The Labute approximate surface area is 93.2 Å². The second-order valence-electron chi connectivity index (χ2n) is 3.38. The Balaban J connectivity index is 2.02. The fourth-order valence-electron chi connectivity index (χ4n) is 1.35. The predicted molar refractivity (Wildman–Crippen MR) is 60.0 cm³/mol. The number of methoxy groups -OCH3 is 1. The van der Waals surface area contributed by atoms with Crippen LogP contribution in [0.15, 0.2) is 22.6 Å². The maximum atomic E-state index is 5.64. The topological polar surface area (TPSA) is 70.5 Å². The first-order valence-electron chi connectivity index (χ1n) is 5.01. The maximum Gasteiger partial charge on any atom is 0.221 e. The van der Waals surface area contributed by atoms with Crippen LogP contribution < -0.4 is 5.73 Å². The molecule has 0 aliphatic heterocycles. The lowest BCUT2D eigenvalue weighted by Gasteiger charge is -1.98. The van der Waals surface area contributed by atoms with Gasteiger partial charge in [-0.05, 0) is 12.1 Å². The normalized spacial score (nSPS) is 11.1. The molecule has 16 heavy (non-hydrogen) atoms. The molecule has 0 aliphatic rings. The lowest BCUT2D eigenvalue weighted by molar-refractivity contribution is 0.0524. The minimum absolute atomic E-state index is 0.345. The Hall–Kier alpha value is -1.59. The molecule has 1 heterocycles. The fourth-order valence-corrected chi connectivity index (χ4v) is 1.35. The Kier molecular flexibility index (Phi) is 3.38. The van der Waals surface area contributed by atoms with Crippen LogP contribution in [0.5, 0.6) is 0 Å². The van der Waals surface area contributed by atoms with Crippen LogP contribution in [0.3, 0.4) is 0 Å².